The van der Waals surface area contributed by atoms with Crippen LogP contribution in [0.5, 0.6) is 0 Å². The Morgan fingerprint density at radius 3 is 2.45 bits per heavy atom. The van der Waals surface area contributed by atoms with E-state index >= 15 is 0 Å². The monoisotopic (exact) mass is 397 g/mol. The minimum atomic E-state index is -4.97. The number of hydrogen-bond donors (Lipinski definition) is 1. The summed E-state index contributed by atoms with van der Waals surface area (Å²) in [6.45, 7) is 0. The van der Waals surface area contributed by atoms with Gasteiger partial charge in [0.05, 0.1) is 23.8 Å². The van der Waals surface area contributed by atoms with E-state index in [1.807, 2.05) is 22.6 Å². The van der Waals surface area contributed by atoms with Crippen LogP contribution in [-0.2, 0) is 4.74 Å². The van der Waals surface area contributed by atoms with Crippen LogP contribution in [0.15, 0.2) is 18.3 Å². The van der Waals surface area contributed by atoms with Gasteiger partial charge in [0.25, 0.3) is 5.78 Å². The normalized spacial score (nSPS) is 11.7. The SMILES string of the molecule is COC(=O)c1cc(I)cc2c(C(=O)C(F)(F)F)c[nH]c12. The third kappa shape index (κ3) is 2.51. The topological polar surface area (TPSA) is 59.2 Å². The van der Waals surface area contributed by atoms with Crippen LogP contribution in [0.1, 0.15) is 20.7 Å². The van der Waals surface area contributed by atoms with Crippen molar-refractivity contribution in [3.63, 3.8) is 0 Å². The quantitative estimate of drug-likeness (QED) is 0.481. The van der Waals surface area contributed by atoms with Crippen LogP contribution in [0, 0.1) is 3.57 Å². The van der Waals surface area contributed by atoms with Crippen molar-refractivity contribution in [2.75, 3.05) is 7.11 Å². The van der Waals surface area contributed by atoms with E-state index in [1.54, 1.807) is 0 Å². The molecule has 8 heteroatoms. The van der Waals surface area contributed by atoms with Gasteiger partial charge in [-0.1, -0.05) is 0 Å². The zero-order chi connectivity index (χ0) is 15.1. The third-order valence-electron chi connectivity index (χ3n) is 2.66. The number of carbonyl (C=O) groups excluding carboxylic acids is 2. The minimum absolute atomic E-state index is 0.0413. The zero-order valence-electron chi connectivity index (χ0n) is 9.97. The smallest absolute Gasteiger partial charge is 0.454 e. The highest BCUT2D eigenvalue weighted by atomic mass is 127. The molecule has 1 aromatic carbocycles. The number of alkyl halides is 3. The number of ketones is 1. The molecular formula is C12H7F3INO3. The Bertz CT molecular complexity index is 706. The van der Waals surface area contributed by atoms with Crippen LogP contribution >= 0.6 is 22.6 Å². The molecule has 0 atom stereocenters. The van der Waals surface area contributed by atoms with Crippen molar-refractivity contribution >= 4 is 45.2 Å². The van der Waals surface area contributed by atoms with Gasteiger partial charge < -0.3 is 9.72 Å². The fourth-order valence-electron chi connectivity index (χ4n) is 1.81. The molecule has 0 saturated carbocycles. The van der Waals surface area contributed by atoms with Crippen LogP contribution in [0.3, 0.4) is 0 Å². The number of Topliss-reactive ketones (excluding diaryl/α,β-unsaturated/α-hetero) is 1. The predicted octanol–water partition coefficient (Wildman–Crippen LogP) is 3.30. The number of ether oxygens (including phenoxy) is 1. The maximum Gasteiger partial charge on any atom is 0.454 e. The van der Waals surface area contributed by atoms with Gasteiger partial charge in [-0.3, -0.25) is 4.79 Å². The molecule has 4 nitrogen and oxygen atoms in total. The second-order valence-corrected chi connectivity index (χ2v) is 5.14. The van der Waals surface area contributed by atoms with Gasteiger partial charge in [0.1, 0.15) is 0 Å². The Labute approximate surface area is 124 Å². The molecule has 1 N–H and O–H groups in total. The zero-order valence-corrected chi connectivity index (χ0v) is 12.1. The molecule has 2 aromatic rings. The van der Waals surface area contributed by atoms with Crippen LogP contribution in [0.2, 0.25) is 0 Å². The number of fused-ring (bicyclic) bond motifs is 1. The van der Waals surface area contributed by atoms with Gasteiger partial charge in [-0.15, -0.1) is 0 Å². The molecule has 0 amide bonds. The lowest BCUT2D eigenvalue weighted by Crippen LogP contribution is -2.22. The molecule has 0 fully saturated rings. The van der Waals surface area contributed by atoms with Gasteiger partial charge in [-0.05, 0) is 34.7 Å². The maximum atomic E-state index is 12.5. The number of esters is 1. The van der Waals surface area contributed by atoms with E-state index in [9.17, 15) is 22.8 Å². The molecule has 1 heterocycles. The third-order valence-corrected chi connectivity index (χ3v) is 3.28. The number of rotatable bonds is 2. The molecule has 106 valence electrons. The Morgan fingerprint density at radius 2 is 1.90 bits per heavy atom. The highest BCUT2D eigenvalue weighted by Crippen LogP contribution is 2.30. The highest BCUT2D eigenvalue weighted by Gasteiger charge is 2.40. The van der Waals surface area contributed by atoms with Gasteiger partial charge in [0, 0.05) is 15.2 Å². The Kier molecular flexibility index (Phi) is 3.76. The number of H-pyrrole nitrogens is 1. The molecule has 0 bridgehead atoms. The summed E-state index contributed by atoms with van der Waals surface area (Å²) in [7, 11) is 1.17. The number of aromatic nitrogens is 1. The van der Waals surface area contributed by atoms with Crippen molar-refractivity contribution in [3.8, 4) is 0 Å². The first-order valence-electron chi connectivity index (χ1n) is 5.26. The largest absolute Gasteiger partial charge is 0.465 e. The number of carbonyl (C=O) groups is 2. The van der Waals surface area contributed by atoms with Crippen molar-refractivity contribution in [2.24, 2.45) is 0 Å². The molecule has 0 saturated heterocycles. The summed E-state index contributed by atoms with van der Waals surface area (Å²) in [4.78, 5) is 25.5. The number of nitrogens with one attached hydrogen (secondary N) is 1. The molecular weight excluding hydrogens is 390 g/mol. The summed E-state index contributed by atoms with van der Waals surface area (Å²) in [6, 6.07) is 2.87. The number of hydrogen-bond acceptors (Lipinski definition) is 3. The summed E-state index contributed by atoms with van der Waals surface area (Å²) < 4.78 is 42.6. The Morgan fingerprint density at radius 1 is 1.25 bits per heavy atom. The summed E-state index contributed by atoms with van der Waals surface area (Å²) in [5.41, 5.74) is -0.295. The average Bonchev–Trinajstić information content (AvgIpc) is 2.78. The van der Waals surface area contributed by atoms with Crippen LogP contribution in [-0.4, -0.2) is 30.0 Å². The van der Waals surface area contributed by atoms with Gasteiger partial charge in [-0.25, -0.2) is 4.79 Å². The summed E-state index contributed by atoms with van der Waals surface area (Å²) in [5.74, 6) is -2.65. The van der Waals surface area contributed by atoms with Crippen molar-refractivity contribution in [2.45, 2.75) is 6.18 Å². The van der Waals surface area contributed by atoms with E-state index in [2.05, 4.69) is 9.72 Å². The van der Waals surface area contributed by atoms with Gasteiger partial charge >= 0.3 is 12.1 Å². The minimum Gasteiger partial charge on any atom is -0.465 e. The van der Waals surface area contributed by atoms with E-state index in [1.165, 1.54) is 19.2 Å². The fraction of sp³-hybridized carbons (Fsp3) is 0.167. The molecule has 0 aliphatic rings. The van der Waals surface area contributed by atoms with Gasteiger partial charge in [0.2, 0.25) is 0 Å². The van der Waals surface area contributed by atoms with E-state index in [-0.39, 0.29) is 16.5 Å². The van der Waals surface area contributed by atoms with Crippen molar-refractivity contribution in [3.05, 3.63) is 33.0 Å². The maximum absolute atomic E-state index is 12.5. The molecule has 0 unspecified atom stereocenters. The van der Waals surface area contributed by atoms with Crippen LogP contribution in [0.25, 0.3) is 10.9 Å². The molecule has 0 spiro atoms. The lowest BCUT2D eigenvalue weighted by molar-refractivity contribution is -0.0884. The number of halogens is 4. The Balaban J connectivity index is 2.71. The first-order valence-corrected chi connectivity index (χ1v) is 6.34. The van der Waals surface area contributed by atoms with E-state index in [0.29, 0.717) is 3.57 Å². The first kappa shape index (κ1) is 14.8. The summed E-state index contributed by atoms with van der Waals surface area (Å²) in [6.07, 6.45) is -4.02. The van der Waals surface area contributed by atoms with Gasteiger partial charge in [0.15, 0.2) is 0 Å². The van der Waals surface area contributed by atoms with E-state index < -0.39 is 23.5 Å². The molecule has 20 heavy (non-hydrogen) atoms. The molecule has 0 radical (unpaired) electrons. The van der Waals surface area contributed by atoms with Crippen molar-refractivity contribution < 1.29 is 27.5 Å². The number of aromatic amines is 1. The van der Waals surface area contributed by atoms with Crippen LogP contribution in [0.4, 0.5) is 13.2 Å². The fourth-order valence-corrected chi connectivity index (χ4v) is 2.43. The molecule has 1 aromatic heterocycles. The standard InChI is InChI=1S/C12H7F3INO3/c1-20-11(19)7-3-5(16)2-6-8(4-17-9(6)7)10(18)12(13,14)15/h2-4,17H,1H3. The van der Waals surface area contributed by atoms with Crippen molar-refractivity contribution in [1.82, 2.24) is 4.98 Å². The number of benzene rings is 1. The highest BCUT2D eigenvalue weighted by molar-refractivity contribution is 14.1. The second kappa shape index (κ2) is 5.08. The van der Waals surface area contributed by atoms with Gasteiger partial charge in [-0.2, -0.15) is 13.2 Å². The lowest BCUT2D eigenvalue weighted by Gasteiger charge is -2.05. The molecule has 0 aliphatic carbocycles. The second-order valence-electron chi connectivity index (χ2n) is 3.90. The number of methoxy groups -OCH3 is 1. The Hall–Kier alpha value is -1.58. The molecule has 2 rings (SSSR count). The first-order chi connectivity index (χ1) is 9.25. The molecule has 0 aliphatic heterocycles. The predicted molar refractivity (Wildman–Crippen MR) is 72.7 cm³/mol. The van der Waals surface area contributed by atoms with Crippen molar-refractivity contribution in [1.29, 1.82) is 0 Å². The van der Waals surface area contributed by atoms with E-state index in [0.717, 1.165) is 6.20 Å². The average molecular weight is 397 g/mol. The summed E-state index contributed by atoms with van der Waals surface area (Å²) in [5, 5.41) is 0.0413. The summed E-state index contributed by atoms with van der Waals surface area (Å²) >= 11 is 1.85. The lowest BCUT2D eigenvalue weighted by atomic mass is 10.1. The van der Waals surface area contributed by atoms with Crippen LogP contribution < -0.4 is 0 Å². The van der Waals surface area contributed by atoms with E-state index in [4.69, 9.17) is 0 Å².